The van der Waals surface area contributed by atoms with Crippen molar-refractivity contribution in [1.82, 2.24) is 19.7 Å². The zero-order valence-corrected chi connectivity index (χ0v) is 28.6. The first-order valence-electron chi connectivity index (χ1n) is 15.7. The lowest BCUT2D eigenvalue weighted by Gasteiger charge is -2.40. The Balaban J connectivity index is 1.39. The van der Waals surface area contributed by atoms with Crippen LogP contribution in [0.1, 0.15) is 63.0 Å². The van der Waals surface area contributed by atoms with Crippen molar-refractivity contribution in [2.75, 3.05) is 32.7 Å². The van der Waals surface area contributed by atoms with Gasteiger partial charge in [0.05, 0.1) is 22.9 Å². The number of amides is 1. The quantitative estimate of drug-likeness (QED) is 0.333. The van der Waals surface area contributed by atoms with E-state index in [1.165, 1.54) is 0 Å². The first-order valence-corrected chi connectivity index (χ1v) is 18.5. The van der Waals surface area contributed by atoms with Gasteiger partial charge in [-0.15, -0.1) is 0 Å². The summed E-state index contributed by atoms with van der Waals surface area (Å²) in [5.41, 5.74) is 3.38. The number of carbonyl (C=O) groups is 2. The van der Waals surface area contributed by atoms with Gasteiger partial charge in [0, 0.05) is 62.3 Å². The highest BCUT2D eigenvalue weighted by Crippen LogP contribution is 2.38. The molecule has 0 aliphatic carbocycles. The minimum absolute atomic E-state index is 0.0626. The van der Waals surface area contributed by atoms with Crippen molar-refractivity contribution in [2.24, 2.45) is 5.41 Å². The topological polar surface area (TPSA) is 96.3 Å². The second-order valence-electron chi connectivity index (χ2n) is 14.5. The van der Waals surface area contributed by atoms with Crippen molar-refractivity contribution in [3.63, 3.8) is 0 Å². The number of aromatic hydroxyl groups is 1. The standard InChI is InChI=1S/C34H48N4O5Si/c1-33(2,3)29(43-44(7)8)21-37-15-13-36(14-16-37)20-22-9-11-26-23(17-22)18-27(38(26)32(41)42-34(4,5)6)24-10-12-28(39)25-19-35-31(40)30(24)25/h9-12,17-18,29,39,44H,13-16,19-21H2,1-8H3,(H,35,40). The van der Waals surface area contributed by atoms with E-state index in [1.54, 1.807) is 16.7 Å². The van der Waals surface area contributed by atoms with Gasteiger partial charge < -0.3 is 19.6 Å². The van der Waals surface area contributed by atoms with Crippen molar-refractivity contribution < 1.29 is 23.9 Å². The van der Waals surface area contributed by atoms with Gasteiger partial charge in [0.1, 0.15) is 11.4 Å². The lowest BCUT2D eigenvalue weighted by molar-refractivity contribution is 0.0279. The molecule has 2 N–H and O–H groups in total. The average Bonchev–Trinajstić information content (AvgIpc) is 3.49. The second kappa shape index (κ2) is 12.3. The van der Waals surface area contributed by atoms with Crippen LogP contribution in [0.15, 0.2) is 36.4 Å². The van der Waals surface area contributed by atoms with E-state index >= 15 is 0 Å². The number of nitrogens with one attached hydrogen (secondary N) is 1. The summed E-state index contributed by atoms with van der Waals surface area (Å²) >= 11 is 0. The van der Waals surface area contributed by atoms with Crippen LogP contribution in [0.5, 0.6) is 5.75 Å². The number of benzene rings is 2. The van der Waals surface area contributed by atoms with Crippen LogP contribution in [0, 0.1) is 5.41 Å². The summed E-state index contributed by atoms with van der Waals surface area (Å²) in [5.74, 6) is -0.203. The smallest absolute Gasteiger partial charge is 0.419 e. The summed E-state index contributed by atoms with van der Waals surface area (Å²) in [6.07, 6.45) is -0.267. The summed E-state index contributed by atoms with van der Waals surface area (Å²) in [7, 11) is -1.13. The third-order valence-corrected chi connectivity index (χ3v) is 9.23. The maximum atomic E-state index is 13.6. The molecular weight excluding hydrogens is 572 g/mol. The third-order valence-electron chi connectivity index (χ3n) is 8.36. The Hall–Kier alpha value is -3.18. The van der Waals surface area contributed by atoms with Crippen LogP contribution in [0.25, 0.3) is 22.2 Å². The molecule has 2 aromatic carbocycles. The van der Waals surface area contributed by atoms with Gasteiger partial charge in [0.25, 0.3) is 5.91 Å². The minimum atomic E-state index is -1.13. The fourth-order valence-electron chi connectivity index (χ4n) is 6.08. The zero-order valence-electron chi connectivity index (χ0n) is 27.5. The first-order chi connectivity index (χ1) is 20.6. The third kappa shape index (κ3) is 7.04. The van der Waals surface area contributed by atoms with E-state index in [0.29, 0.717) is 27.9 Å². The normalized spacial score (nSPS) is 17.2. The molecule has 3 aromatic rings. The van der Waals surface area contributed by atoms with Crippen LogP contribution in [-0.4, -0.2) is 84.9 Å². The largest absolute Gasteiger partial charge is 0.508 e. The van der Waals surface area contributed by atoms with Gasteiger partial charge >= 0.3 is 6.09 Å². The molecular formula is C34H48N4O5Si. The second-order valence-corrected chi connectivity index (χ2v) is 16.9. The Morgan fingerprint density at radius 2 is 1.68 bits per heavy atom. The van der Waals surface area contributed by atoms with Crippen molar-refractivity contribution in [3.05, 3.63) is 53.1 Å². The molecule has 0 radical (unpaired) electrons. The Bertz CT molecular complexity index is 1540. The number of hydrogen-bond acceptors (Lipinski definition) is 7. The molecule has 1 amide bonds. The number of piperazine rings is 1. The van der Waals surface area contributed by atoms with Crippen LogP contribution >= 0.6 is 0 Å². The molecule has 238 valence electrons. The molecule has 44 heavy (non-hydrogen) atoms. The molecule has 1 atom stereocenters. The first kappa shape index (κ1) is 32.2. The van der Waals surface area contributed by atoms with E-state index in [2.05, 4.69) is 61.1 Å². The zero-order chi connectivity index (χ0) is 32.0. The molecule has 10 heteroatoms. The van der Waals surface area contributed by atoms with Gasteiger partial charge in [-0.2, -0.15) is 0 Å². The van der Waals surface area contributed by atoms with Crippen LogP contribution in [0.2, 0.25) is 13.1 Å². The lowest BCUT2D eigenvalue weighted by atomic mass is 9.89. The van der Waals surface area contributed by atoms with E-state index in [9.17, 15) is 14.7 Å². The molecule has 9 nitrogen and oxygen atoms in total. The average molecular weight is 621 g/mol. The maximum Gasteiger partial charge on any atom is 0.419 e. The van der Waals surface area contributed by atoms with Crippen LogP contribution < -0.4 is 5.32 Å². The van der Waals surface area contributed by atoms with Crippen LogP contribution in [0.3, 0.4) is 0 Å². The van der Waals surface area contributed by atoms with E-state index in [1.807, 2.05) is 32.9 Å². The number of phenolic OH excluding ortho intramolecular Hbond substituents is 1. The molecule has 0 bridgehead atoms. The Kier molecular flexibility index (Phi) is 9.01. The highest BCUT2D eigenvalue weighted by molar-refractivity contribution is 6.48. The Morgan fingerprint density at radius 1 is 1.00 bits per heavy atom. The molecule has 1 unspecified atom stereocenters. The number of rotatable bonds is 7. The molecule has 0 spiro atoms. The number of fused-ring (bicyclic) bond motifs is 2. The molecule has 1 saturated heterocycles. The van der Waals surface area contributed by atoms with Gasteiger partial charge in [-0.05, 0) is 75.2 Å². The van der Waals surface area contributed by atoms with Crippen molar-refractivity contribution in [2.45, 2.75) is 79.4 Å². The number of phenols is 1. The van der Waals surface area contributed by atoms with Gasteiger partial charge in [-0.25, -0.2) is 9.36 Å². The number of carbonyl (C=O) groups excluding carboxylic acids is 2. The Labute approximate surface area is 262 Å². The number of ether oxygens (including phenoxy) is 1. The fraction of sp³-hybridized carbons (Fsp3) is 0.529. The van der Waals surface area contributed by atoms with E-state index in [0.717, 1.165) is 50.2 Å². The molecule has 1 fully saturated rings. The molecule has 0 saturated carbocycles. The van der Waals surface area contributed by atoms with Crippen molar-refractivity contribution in [1.29, 1.82) is 0 Å². The number of aromatic nitrogens is 1. The molecule has 2 aliphatic heterocycles. The molecule has 5 rings (SSSR count). The minimum Gasteiger partial charge on any atom is -0.508 e. The summed E-state index contributed by atoms with van der Waals surface area (Å²) in [5, 5.41) is 14.1. The van der Waals surface area contributed by atoms with Gasteiger partial charge in [-0.3, -0.25) is 14.6 Å². The summed E-state index contributed by atoms with van der Waals surface area (Å²) < 4.78 is 13.8. The number of hydrogen-bond donors (Lipinski definition) is 2. The summed E-state index contributed by atoms with van der Waals surface area (Å²) in [4.78, 5) is 31.4. The van der Waals surface area contributed by atoms with Crippen molar-refractivity contribution in [3.8, 4) is 17.0 Å². The molecule has 2 aliphatic rings. The summed E-state index contributed by atoms with van der Waals surface area (Å²) in [6.45, 7) is 22.8. The monoisotopic (exact) mass is 620 g/mol. The van der Waals surface area contributed by atoms with E-state index in [-0.39, 0.29) is 29.7 Å². The van der Waals surface area contributed by atoms with Gasteiger partial charge in [0.2, 0.25) is 0 Å². The van der Waals surface area contributed by atoms with Gasteiger partial charge in [-0.1, -0.05) is 26.8 Å². The van der Waals surface area contributed by atoms with E-state index in [4.69, 9.17) is 9.16 Å². The number of nitrogens with zero attached hydrogens (tertiary/aromatic N) is 3. The maximum absolute atomic E-state index is 13.6. The highest BCUT2D eigenvalue weighted by atomic mass is 28.3. The van der Waals surface area contributed by atoms with Crippen LogP contribution in [-0.2, 0) is 22.3 Å². The predicted octanol–water partition coefficient (Wildman–Crippen LogP) is 5.57. The molecule has 3 heterocycles. The lowest BCUT2D eigenvalue weighted by Crippen LogP contribution is -2.51. The molecule has 1 aromatic heterocycles. The van der Waals surface area contributed by atoms with Gasteiger partial charge in [0.15, 0.2) is 9.04 Å². The van der Waals surface area contributed by atoms with Crippen LogP contribution in [0.4, 0.5) is 4.79 Å². The Morgan fingerprint density at radius 3 is 2.32 bits per heavy atom. The highest BCUT2D eigenvalue weighted by Gasteiger charge is 2.31. The predicted molar refractivity (Wildman–Crippen MR) is 177 cm³/mol. The SMILES string of the molecule is C[SiH](C)OC(CN1CCN(Cc2ccc3c(c2)cc(-c2ccc(O)c4c2C(=O)NC4)n3C(=O)OC(C)(C)C)CC1)C(C)(C)C. The van der Waals surface area contributed by atoms with E-state index < -0.39 is 20.7 Å². The fourth-order valence-corrected chi connectivity index (χ4v) is 7.23. The van der Waals surface area contributed by atoms with Crippen molar-refractivity contribution >= 4 is 31.9 Å². The summed E-state index contributed by atoms with van der Waals surface area (Å²) in [6, 6.07) is 11.4.